The molecule has 1 fully saturated rings. The number of nitrogens with zero attached hydrogens (tertiary/aromatic N) is 1. The molecule has 1 saturated carbocycles. The summed E-state index contributed by atoms with van der Waals surface area (Å²) in [5, 5.41) is 11.5. The van der Waals surface area contributed by atoms with Gasteiger partial charge in [-0.1, -0.05) is 6.42 Å². The Hall–Kier alpha value is -1.95. The van der Waals surface area contributed by atoms with Crippen LogP contribution < -0.4 is 5.32 Å². The number of rotatable bonds is 5. The molecule has 24 heavy (non-hydrogen) atoms. The first-order chi connectivity index (χ1) is 11.3. The molecule has 130 valence electrons. The highest BCUT2D eigenvalue weighted by atomic mass is 19.1. The second-order valence-corrected chi connectivity index (χ2v) is 7.45. The van der Waals surface area contributed by atoms with E-state index in [1.807, 2.05) is 0 Å². The molecule has 0 saturated heterocycles. The van der Waals surface area contributed by atoms with Gasteiger partial charge in [-0.3, -0.25) is 9.69 Å². The van der Waals surface area contributed by atoms with Crippen molar-refractivity contribution in [1.29, 1.82) is 0 Å². The zero-order chi connectivity index (χ0) is 17.5. The van der Waals surface area contributed by atoms with Crippen LogP contribution in [0.2, 0.25) is 0 Å². The molecule has 1 amide bonds. The average molecular weight is 334 g/mol. The van der Waals surface area contributed by atoms with Crippen molar-refractivity contribution in [3.05, 3.63) is 34.6 Å². The summed E-state index contributed by atoms with van der Waals surface area (Å²) in [5.74, 6) is -1.72. The average Bonchev–Trinajstić information content (AvgIpc) is 2.82. The molecule has 0 aromatic heterocycles. The lowest BCUT2D eigenvalue weighted by atomic mass is 9.85. The second-order valence-electron chi connectivity index (χ2n) is 7.45. The van der Waals surface area contributed by atoms with Gasteiger partial charge in [0.05, 0.1) is 5.56 Å². The van der Waals surface area contributed by atoms with E-state index in [0.717, 1.165) is 23.6 Å². The Labute approximate surface area is 140 Å². The fourth-order valence-electron chi connectivity index (χ4n) is 3.24. The first-order valence-corrected chi connectivity index (χ1v) is 8.36. The van der Waals surface area contributed by atoms with Gasteiger partial charge in [0.2, 0.25) is 0 Å². The molecule has 6 heteroatoms. The molecule has 5 nitrogen and oxygen atoms in total. The van der Waals surface area contributed by atoms with Crippen LogP contribution in [-0.4, -0.2) is 34.0 Å². The molecule has 1 aliphatic heterocycles. The van der Waals surface area contributed by atoms with Crippen molar-refractivity contribution in [3.63, 3.8) is 0 Å². The minimum Gasteiger partial charge on any atom is -0.480 e. The SMILES string of the molecule is CC(C)(NC(=O)c1cc2c(cc1F)CN(CC1CCC1)C2)C(=O)O. The summed E-state index contributed by atoms with van der Waals surface area (Å²) in [6, 6.07) is 2.98. The number of hydrogen-bond acceptors (Lipinski definition) is 3. The Morgan fingerprint density at radius 2 is 1.92 bits per heavy atom. The molecule has 0 radical (unpaired) electrons. The van der Waals surface area contributed by atoms with E-state index in [1.165, 1.54) is 39.2 Å². The zero-order valence-electron chi connectivity index (χ0n) is 14.1. The summed E-state index contributed by atoms with van der Waals surface area (Å²) in [5.41, 5.74) is 0.335. The number of carbonyl (C=O) groups is 2. The van der Waals surface area contributed by atoms with Gasteiger partial charge >= 0.3 is 5.97 Å². The maximum atomic E-state index is 14.3. The van der Waals surface area contributed by atoms with Gasteiger partial charge in [-0.2, -0.15) is 0 Å². The minimum absolute atomic E-state index is 0.0893. The fraction of sp³-hybridized carbons (Fsp3) is 0.556. The lowest BCUT2D eigenvalue weighted by Gasteiger charge is -2.29. The number of hydrogen-bond donors (Lipinski definition) is 2. The third-order valence-electron chi connectivity index (χ3n) is 5.02. The Morgan fingerprint density at radius 1 is 1.29 bits per heavy atom. The summed E-state index contributed by atoms with van der Waals surface area (Å²) < 4.78 is 14.3. The van der Waals surface area contributed by atoms with Gasteiger partial charge in [0.1, 0.15) is 11.4 Å². The van der Waals surface area contributed by atoms with E-state index in [-0.39, 0.29) is 5.56 Å². The molecule has 1 aromatic rings. The number of nitrogens with one attached hydrogen (secondary N) is 1. The lowest BCUT2D eigenvalue weighted by molar-refractivity contribution is -0.143. The summed E-state index contributed by atoms with van der Waals surface area (Å²) in [4.78, 5) is 25.7. The fourth-order valence-corrected chi connectivity index (χ4v) is 3.24. The minimum atomic E-state index is -1.45. The van der Waals surface area contributed by atoms with E-state index < -0.39 is 23.2 Å². The maximum absolute atomic E-state index is 14.3. The summed E-state index contributed by atoms with van der Waals surface area (Å²) in [6.45, 7) is 5.20. The summed E-state index contributed by atoms with van der Waals surface area (Å²) in [6.07, 6.45) is 3.82. The number of halogens is 1. The molecule has 2 aliphatic rings. The maximum Gasteiger partial charge on any atom is 0.328 e. The Kier molecular flexibility index (Phi) is 4.34. The monoisotopic (exact) mass is 334 g/mol. The van der Waals surface area contributed by atoms with Gasteiger partial charge in [0, 0.05) is 19.6 Å². The highest BCUT2D eigenvalue weighted by Crippen LogP contribution is 2.32. The number of fused-ring (bicyclic) bond motifs is 1. The highest BCUT2D eigenvalue weighted by Gasteiger charge is 2.31. The Balaban J connectivity index is 1.74. The molecular formula is C18H23FN2O3. The van der Waals surface area contributed by atoms with Crippen LogP contribution in [0.5, 0.6) is 0 Å². The second kappa shape index (κ2) is 6.16. The van der Waals surface area contributed by atoms with Crippen LogP contribution in [0.4, 0.5) is 4.39 Å². The molecule has 0 atom stereocenters. The number of benzene rings is 1. The van der Waals surface area contributed by atoms with Crippen LogP contribution in [0.15, 0.2) is 12.1 Å². The van der Waals surface area contributed by atoms with E-state index in [1.54, 1.807) is 6.07 Å². The molecule has 3 rings (SSSR count). The molecule has 0 unspecified atom stereocenters. The van der Waals surface area contributed by atoms with Crippen molar-refractivity contribution < 1.29 is 19.1 Å². The van der Waals surface area contributed by atoms with Gasteiger partial charge in [-0.05, 0) is 55.9 Å². The van der Waals surface area contributed by atoms with Crippen molar-refractivity contribution in [1.82, 2.24) is 10.2 Å². The van der Waals surface area contributed by atoms with Gasteiger partial charge in [0.25, 0.3) is 5.91 Å². The third-order valence-corrected chi connectivity index (χ3v) is 5.02. The van der Waals surface area contributed by atoms with Crippen molar-refractivity contribution in [2.24, 2.45) is 5.92 Å². The largest absolute Gasteiger partial charge is 0.480 e. The van der Waals surface area contributed by atoms with Crippen LogP contribution in [0.1, 0.15) is 54.6 Å². The smallest absolute Gasteiger partial charge is 0.328 e. The summed E-state index contributed by atoms with van der Waals surface area (Å²) >= 11 is 0. The van der Waals surface area contributed by atoms with Crippen molar-refractivity contribution in [2.75, 3.05) is 6.54 Å². The summed E-state index contributed by atoms with van der Waals surface area (Å²) in [7, 11) is 0. The quantitative estimate of drug-likeness (QED) is 0.868. The van der Waals surface area contributed by atoms with Crippen LogP contribution in [-0.2, 0) is 17.9 Å². The van der Waals surface area contributed by atoms with E-state index >= 15 is 0 Å². The standard InChI is InChI=1S/C18H23FN2O3/c1-18(2,17(23)24)20-16(22)14-6-12-9-21(8-11-4-3-5-11)10-13(12)7-15(14)19/h6-7,11H,3-5,8-10H2,1-2H3,(H,20,22)(H,23,24). The van der Waals surface area contributed by atoms with E-state index in [9.17, 15) is 14.0 Å². The number of carboxylic acids is 1. The predicted molar refractivity (Wildman–Crippen MR) is 87.0 cm³/mol. The molecule has 1 aromatic carbocycles. The first-order valence-electron chi connectivity index (χ1n) is 8.36. The van der Waals surface area contributed by atoms with Crippen LogP contribution in [0.25, 0.3) is 0 Å². The number of aliphatic carboxylic acids is 1. The molecule has 0 bridgehead atoms. The van der Waals surface area contributed by atoms with Gasteiger partial charge < -0.3 is 10.4 Å². The topological polar surface area (TPSA) is 69.6 Å². The number of carbonyl (C=O) groups excluding carboxylic acids is 1. The number of carboxylic acid groups (broad SMARTS) is 1. The van der Waals surface area contributed by atoms with Crippen LogP contribution >= 0.6 is 0 Å². The van der Waals surface area contributed by atoms with Gasteiger partial charge in [-0.25, -0.2) is 9.18 Å². The van der Waals surface area contributed by atoms with Crippen molar-refractivity contribution in [3.8, 4) is 0 Å². The highest BCUT2D eigenvalue weighted by molar-refractivity contribution is 5.98. The Bertz CT molecular complexity index is 683. The zero-order valence-corrected chi connectivity index (χ0v) is 14.1. The van der Waals surface area contributed by atoms with E-state index in [4.69, 9.17) is 5.11 Å². The molecular weight excluding hydrogens is 311 g/mol. The van der Waals surface area contributed by atoms with Crippen molar-refractivity contribution >= 4 is 11.9 Å². The molecule has 2 N–H and O–H groups in total. The third kappa shape index (κ3) is 3.29. The molecule has 0 spiro atoms. The normalized spacial score (nSPS) is 18.1. The van der Waals surface area contributed by atoms with Crippen molar-refractivity contribution in [2.45, 2.75) is 51.7 Å². The molecule has 1 aliphatic carbocycles. The first kappa shape index (κ1) is 16.9. The van der Waals surface area contributed by atoms with Crippen LogP contribution in [0.3, 0.4) is 0 Å². The lowest BCUT2D eigenvalue weighted by Crippen LogP contribution is -2.49. The number of amides is 1. The van der Waals surface area contributed by atoms with Crippen LogP contribution in [0, 0.1) is 11.7 Å². The van der Waals surface area contributed by atoms with Gasteiger partial charge in [-0.15, -0.1) is 0 Å². The Morgan fingerprint density at radius 3 is 2.46 bits per heavy atom. The molecule has 1 heterocycles. The van der Waals surface area contributed by atoms with E-state index in [2.05, 4.69) is 10.2 Å². The predicted octanol–water partition coefficient (Wildman–Crippen LogP) is 2.53. The van der Waals surface area contributed by atoms with Gasteiger partial charge in [0.15, 0.2) is 0 Å². The van der Waals surface area contributed by atoms with E-state index in [0.29, 0.717) is 13.1 Å².